The summed E-state index contributed by atoms with van der Waals surface area (Å²) in [4.78, 5) is 19.3. The van der Waals surface area contributed by atoms with Gasteiger partial charge in [0, 0.05) is 31.5 Å². The van der Waals surface area contributed by atoms with Crippen LogP contribution in [0, 0.1) is 5.92 Å². The molecule has 1 saturated carbocycles. The third-order valence-corrected chi connectivity index (χ3v) is 5.13. The number of aryl methyl sites for hydroxylation is 1. The van der Waals surface area contributed by atoms with Crippen LogP contribution >= 0.6 is 0 Å². The van der Waals surface area contributed by atoms with Crippen LogP contribution in [0.1, 0.15) is 51.3 Å². The van der Waals surface area contributed by atoms with Gasteiger partial charge < -0.3 is 9.47 Å². The molecule has 2 fully saturated rings. The van der Waals surface area contributed by atoms with Gasteiger partial charge in [0.05, 0.1) is 11.0 Å². The first-order chi connectivity index (χ1) is 11.1. The monoisotopic (exact) mass is 311 g/mol. The van der Waals surface area contributed by atoms with E-state index in [0.29, 0.717) is 24.3 Å². The maximum absolute atomic E-state index is 12.3. The van der Waals surface area contributed by atoms with Crippen LogP contribution in [0.25, 0.3) is 11.0 Å². The van der Waals surface area contributed by atoms with E-state index >= 15 is 0 Å². The van der Waals surface area contributed by atoms with Crippen LogP contribution in [-0.4, -0.2) is 32.9 Å². The Morgan fingerprint density at radius 2 is 2.04 bits per heavy atom. The Bertz CT molecular complexity index is 729. The van der Waals surface area contributed by atoms with Crippen LogP contribution in [0.4, 0.5) is 0 Å². The van der Waals surface area contributed by atoms with Crippen molar-refractivity contribution in [3.8, 4) is 0 Å². The Labute approximate surface area is 137 Å². The van der Waals surface area contributed by atoms with Crippen molar-refractivity contribution >= 4 is 16.9 Å². The number of benzene rings is 1. The van der Waals surface area contributed by atoms with Crippen molar-refractivity contribution in [2.45, 2.75) is 58.0 Å². The Morgan fingerprint density at radius 1 is 1.26 bits per heavy atom. The van der Waals surface area contributed by atoms with E-state index in [1.165, 1.54) is 18.4 Å². The van der Waals surface area contributed by atoms with Crippen LogP contribution < -0.4 is 0 Å². The summed E-state index contributed by atoms with van der Waals surface area (Å²) in [6, 6.07) is 8.88. The number of para-hydroxylation sites is 2. The number of aromatic nitrogens is 2. The third-order valence-electron chi connectivity index (χ3n) is 5.13. The van der Waals surface area contributed by atoms with Gasteiger partial charge in [0.2, 0.25) is 5.91 Å². The van der Waals surface area contributed by atoms with E-state index in [2.05, 4.69) is 41.5 Å². The van der Waals surface area contributed by atoms with Crippen molar-refractivity contribution in [3.05, 3.63) is 30.1 Å². The molecule has 0 N–H and O–H groups in total. The lowest BCUT2D eigenvalue weighted by atomic mass is 10.1. The zero-order valence-corrected chi connectivity index (χ0v) is 14.0. The summed E-state index contributed by atoms with van der Waals surface area (Å²) >= 11 is 0. The average Bonchev–Trinajstić information content (AvgIpc) is 3.19. The van der Waals surface area contributed by atoms with Gasteiger partial charge in [-0.2, -0.15) is 0 Å². The molecule has 1 aliphatic heterocycles. The van der Waals surface area contributed by atoms with Gasteiger partial charge in [-0.05, 0) is 37.3 Å². The van der Waals surface area contributed by atoms with Crippen LogP contribution in [0.3, 0.4) is 0 Å². The number of rotatable bonds is 5. The highest BCUT2D eigenvalue weighted by molar-refractivity contribution is 5.81. The molecule has 0 radical (unpaired) electrons. The molecule has 0 spiro atoms. The highest BCUT2D eigenvalue weighted by Gasteiger charge is 2.41. The van der Waals surface area contributed by atoms with Gasteiger partial charge in [0.15, 0.2) is 0 Å². The van der Waals surface area contributed by atoms with Crippen LogP contribution in [0.5, 0.6) is 0 Å². The standard InChI is InChI=1S/C19H25N3O/c1-13(2)9-10-21-17-6-4-3-5-16(17)20-19(21)14-11-18(23)22(12-14)15-7-8-15/h3-6,13-15H,7-12H2,1-2H3. The molecule has 0 bridgehead atoms. The first-order valence-electron chi connectivity index (χ1n) is 8.88. The lowest BCUT2D eigenvalue weighted by molar-refractivity contribution is -0.128. The largest absolute Gasteiger partial charge is 0.339 e. The molecule has 1 aromatic heterocycles. The maximum Gasteiger partial charge on any atom is 0.223 e. The summed E-state index contributed by atoms with van der Waals surface area (Å²) in [5.41, 5.74) is 2.27. The van der Waals surface area contributed by atoms with Crippen LogP contribution in [-0.2, 0) is 11.3 Å². The molecule has 4 heteroatoms. The van der Waals surface area contributed by atoms with E-state index in [-0.39, 0.29) is 5.92 Å². The van der Waals surface area contributed by atoms with E-state index in [1.807, 2.05) is 6.07 Å². The fraction of sp³-hybridized carbons (Fsp3) is 0.579. The number of hydrogen-bond acceptors (Lipinski definition) is 2. The first kappa shape index (κ1) is 14.7. The van der Waals surface area contributed by atoms with Crippen molar-refractivity contribution < 1.29 is 4.79 Å². The summed E-state index contributed by atoms with van der Waals surface area (Å²) in [5.74, 6) is 2.35. The molecule has 122 valence electrons. The number of amides is 1. The highest BCUT2D eigenvalue weighted by Crippen LogP contribution is 2.37. The SMILES string of the molecule is CC(C)CCn1c(C2CC(=O)N(C3CC3)C2)nc2ccccc21. The molecule has 2 aromatic rings. The van der Waals surface area contributed by atoms with E-state index in [9.17, 15) is 4.79 Å². The van der Waals surface area contributed by atoms with Crippen molar-refractivity contribution in [1.29, 1.82) is 0 Å². The number of hydrogen-bond donors (Lipinski definition) is 0. The summed E-state index contributed by atoms with van der Waals surface area (Å²) in [5, 5.41) is 0. The predicted molar refractivity (Wildman–Crippen MR) is 91.3 cm³/mol. The van der Waals surface area contributed by atoms with Gasteiger partial charge in [-0.15, -0.1) is 0 Å². The number of likely N-dealkylation sites (tertiary alicyclic amines) is 1. The van der Waals surface area contributed by atoms with Crippen LogP contribution in [0.2, 0.25) is 0 Å². The Morgan fingerprint density at radius 3 is 2.78 bits per heavy atom. The summed E-state index contributed by atoms with van der Waals surface area (Å²) < 4.78 is 2.36. The van der Waals surface area contributed by atoms with Crippen molar-refractivity contribution in [1.82, 2.24) is 14.5 Å². The van der Waals surface area contributed by atoms with Crippen molar-refractivity contribution in [2.24, 2.45) is 5.92 Å². The van der Waals surface area contributed by atoms with Crippen molar-refractivity contribution in [3.63, 3.8) is 0 Å². The molecule has 1 aromatic carbocycles. The number of imidazole rings is 1. The fourth-order valence-electron chi connectivity index (χ4n) is 3.67. The first-order valence-corrected chi connectivity index (χ1v) is 8.88. The number of carbonyl (C=O) groups excluding carboxylic acids is 1. The molecule has 2 heterocycles. The van der Waals surface area contributed by atoms with Gasteiger partial charge in [0.25, 0.3) is 0 Å². The molecule has 2 aliphatic rings. The summed E-state index contributed by atoms with van der Waals surface area (Å²) in [6.45, 7) is 6.36. The van der Waals surface area contributed by atoms with Gasteiger partial charge in [0.1, 0.15) is 5.82 Å². The van der Waals surface area contributed by atoms with E-state index in [1.54, 1.807) is 0 Å². The van der Waals surface area contributed by atoms with Gasteiger partial charge in [-0.1, -0.05) is 26.0 Å². The molecule has 1 atom stereocenters. The summed E-state index contributed by atoms with van der Waals surface area (Å²) in [6.07, 6.45) is 4.13. The molecule has 1 amide bonds. The normalized spacial score (nSPS) is 21.8. The maximum atomic E-state index is 12.3. The molecular weight excluding hydrogens is 286 g/mol. The topological polar surface area (TPSA) is 38.1 Å². The Balaban J connectivity index is 1.68. The van der Waals surface area contributed by atoms with E-state index in [0.717, 1.165) is 30.9 Å². The second kappa shape index (κ2) is 5.66. The fourth-order valence-corrected chi connectivity index (χ4v) is 3.67. The predicted octanol–water partition coefficient (Wildman–Crippen LogP) is 3.56. The molecule has 1 aliphatic carbocycles. The molecule has 1 unspecified atom stereocenters. The Kier molecular flexibility index (Phi) is 3.63. The van der Waals surface area contributed by atoms with Gasteiger partial charge in [-0.25, -0.2) is 4.98 Å². The summed E-state index contributed by atoms with van der Waals surface area (Å²) in [7, 11) is 0. The zero-order chi connectivity index (χ0) is 16.0. The van der Waals surface area contributed by atoms with E-state index < -0.39 is 0 Å². The minimum atomic E-state index is 0.252. The number of fused-ring (bicyclic) bond motifs is 1. The minimum absolute atomic E-state index is 0.252. The minimum Gasteiger partial charge on any atom is -0.339 e. The zero-order valence-electron chi connectivity index (χ0n) is 14.0. The lowest BCUT2D eigenvalue weighted by Crippen LogP contribution is -2.27. The van der Waals surface area contributed by atoms with Gasteiger partial charge in [-0.3, -0.25) is 4.79 Å². The second-order valence-corrected chi connectivity index (χ2v) is 7.47. The molecule has 4 rings (SSSR count). The smallest absolute Gasteiger partial charge is 0.223 e. The van der Waals surface area contributed by atoms with Gasteiger partial charge >= 0.3 is 0 Å². The van der Waals surface area contributed by atoms with Crippen molar-refractivity contribution in [2.75, 3.05) is 6.54 Å². The highest BCUT2D eigenvalue weighted by atomic mass is 16.2. The van der Waals surface area contributed by atoms with Crippen LogP contribution in [0.15, 0.2) is 24.3 Å². The number of carbonyl (C=O) groups is 1. The Hall–Kier alpha value is -1.84. The molecule has 4 nitrogen and oxygen atoms in total. The molecule has 23 heavy (non-hydrogen) atoms. The lowest BCUT2D eigenvalue weighted by Gasteiger charge is -2.17. The molecule has 1 saturated heterocycles. The average molecular weight is 311 g/mol. The molecular formula is C19H25N3O. The number of nitrogens with zero attached hydrogens (tertiary/aromatic N) is 3. The second-order valence-electron chi connectivity index (χ2n) is 7.47. The third kappa shape index (κ3) is 2.75. The quantitative estimate of drug-likeness (QED) is 0.847. The van der Waals surface area contributed by atoms with E-state index in [4.69, 9.17) is 4.98 Å².